The van der Waals surface area contributed by atoms with Crippen molar-refractivity contribution in [2.45, 2.75) is 0 Å². The molecule has 6 heteroatoms. The second-order valence-electron chi connectivity index (χ2n) is 3.57. The Morgan fingerprint density at radius 3 is 2.67 bits per heavy atom. The number of nitrogens with zero attached hydrogens (tertiary/aromatic N) is 2. The Morgan fingerprint density at radius 1 is 1.22 bits per heavy atom. The van der Waals surface area contributed by atoms with E-state index in [0.717, 1.165) is 0 Å². The molecule has 0 aliphatic carbocycles. The van der Waals surface area contributed by atoms with Gasteiger partial charge in [-0.1, -0.05) is 6.07 Å². The van der Waals surface area contributed by atoms with Crippen LogP contribution in [0.25, 0.3) is 0 Å². The van der Waals surface area contributed by atoms with Crippen molar-refractivity contribution in [2.75, 3.05) is 16.8 Å². The summed E-state index contributed by atoms with van der Waals surface area (Å²) in [7, 11) is 0. The minimum atomic E-state index is -0.592. The van der Waals surface area contributed by atoms with Gasteiger partial charge in [0.15, 0.2) is 0 Å². The van der Waals surface area contributed by atoms with E-state index in [1.807, 2.05) is 0 Å². The van der Waals surface area contributed by atoms with Gasteiger partial charge in [0, 0.05) is 0 Å². The molecule has 0 saturated carbocycles. The van der Waals surface area contributed by atoms with Crippen LogP contribution in [0, 0.1) is 17.1 Å². The van der Waals surface area contributed by atoms with Crippen molar-refractivity contribution >= 4 is 23.0 Å². The monoisotopic (exact) mass is 243 g/mol. The van der Waals surface area contributed by atoms with Gasteiger partial charge in [-0.15, -0.1) is 0 Å². The lowest BCUT2D eigenvalue weighted by Crippen LogP contribution is -2.02. The number of halogens is 1. The average Bonchev–Trinajstić information content (AvgIpc) is 2.34. The number of aromatic nitrogens is 1. The summed E-state index contributed by atoms with van der Waals surface area (Å²) >= 11 is 0. The van der Waals surface area contributed by atoms with E-state index < -0.39 is 5.82 Å². The molecule has 5 nitrogen and oxygen atoms in total. The van der Waals surface area contributed by atoms with E-state index in [4.69, 9.17) is 16.7 Å². The SMILES string of the molecule is N#Cc1c(F)cccc1Nc1ccc(N)c(N)n1. The van der Waals surface area contributed by atoms with Crippen LogP contribution in [0.2, 0.25) is 0 Å². The largest absolute Gasteiger partial charge is 0.396 e. The summed E-state index contributed by atoms with van der Waals surface area (Å²) in [5.41, 5.74) is 11.7. The third kappa shape index (κ3) is 2.15. The highest BCUT2D eigenvalue weighted by molar-refractivity contribution is 5.68. The van der Waals surface area contributed by atoms with Crippen molar-refractivity contribution in [1.29, 1.82) is 5.26 Å². The van der Waals surface area contributed by atoms with Crippen LogP contribution in [0.5, 0.6) is 0 Å². The number of pyridine rings is 1. The van der Waals surface area contributed by atoms with Crippen molar-refractivity contribution in [3.63, 3.8) is 0 Å². The Balaban J connectivity index is 2.37. The number of anilines is 4. The van der Waals surface area contributed by atoms with E-state index in [1.165, 1.54) is 12.1 Å². The van der Waals surface area contributed by atoms with Crippen LogP contribution >= 0.6 is 0 Å². The van der Waals surface area contributed by atoms with E-state index in [1.54, 1.807) is 24.3 Å². The van der Waals surface area contributed by atoms with Crippen LogP contribution < -0.4 is 16.8 Å². The molecule has 5 N–H and O–H groups in total. The maximum absolute atomic E-state index is 13.4. The molecule has 0 fully saturated rings. The Hall–Kier alpha value is -2.81. The molecule has 0 amide bonds. The number of nitrogens with one attached hydrogen (secondary N) is 1. The van der Waals surface area contributed by atoms with Crippen LogP contribution in [-0.4, -0.2) is 4.98 Å². The van der Waals surface area contributed by atoms with Gasteiger partial charge in [0.05, 0.1) is 11.4 Å². The molecule has 0 aliphatic heterocycles. The zero-order valence-electron chi connectivity index (χ0n) is 9.31. The molecular formula is C12H10FN5. The maximum atomic E-state index is 13.4. The highest BCUT2D eigenvalue weighted by Gasteiger charge is 2.08. The second-order valence-corrected chi connectivity index (χ2v) is 3.57. The minimum absolute atomic E-state index is 0.0744. The topological polar surface area (TPSA) is 101 Å². The first-order valence-electron chi connectivity index (χ1n) is 5.09. The fourth-order valence-electron chi connectivity index (χ4n) is 1.44. The summed E-state index contributed by atoms with van der Waals surface area (Å²) in [4.78, 5) is 3.98. The normalized spacial score (nSPS) is 9.78. The van der Waals surface area contributed by atoms with Crippen LogP contribution in [0.3, 0.4) is 0 Å². The molecule has 1 heterocycles. The highest BCUT2D eigenvalue weighted by atomic mass is 19.1. The molecular weight excluding hydrogens is 233 g/mol. The van der Waals surface area contributed by atoms with E-state index in [-0.39, 0.29) is 11.4 Å². The molecule has 0 unspecified atom stereocenters. The predicted molar refractivity (Wildman–Crippen MR) is 67.5 cm³/mol. The molecule has 0 aliphatic rings. The Bertz CT molecular complexity index is 633. The van der Waals surface area contributed by atoms with Gasteiger partial charge in [0.25, 0.3) is 0 Å². The van der Waals surface area contributed by atoms with Gasteiger partial charge in [-0.3, -0.25) is 0 Å². The van der Waals surface area contributed by atoms with Crippen LogP contribution in [0.1, 0.15) is 5.56 Å². The fourth-order valence-corrected chi connectivity index (χ4v) is 1.44. The Morgan fingerprint density at radius 2 is 2.00 bits per heavy atom. The molecule has 1 aromatic heterocycles. The van der Waals surface area contributed by atoms with Crippen LogP contribution in [0.15, 0.2) is 30.3 Å². The molecule has 18 heavy (non-hydrogen) atoms. The van der Waals surface area contributed by atoms with Gasteiger partial charge in [0.1, 0.15) is 29.1 Å². The van der Waals surface area contributed by atoms with Crippen molar-refractivity contribution in [3.8, 4) is 6.07 Å². The first-order valence-corrected chi connectivity index (χ1v) is 5.09. The number of nitriles is 1. The van der Waals surface area contributed by atoms with Crippen LogP contribution in [-0.2, 0) is 0 Å². The smallest absolute Gasteiger partial charge is 0.149 e. The molecule has 0 spiro atoms. The zero-order valence-corrected chi connectivity index (χ0v) is 9.31. The second kappa shape index (κ2) is 4.59. The number of nitrogen functional groups attached to an aromatic ring is 2. The van der Waals surface area contributed by atoms with Gasteiger partial charge in [-0.2, -0.15) is 5.26 Å². The van der Waals surface area contributed by atoms with Gasteiger partial charge in [0.2, 0.25) is 0 Å². The first-order chi connectivity index (χ1) is 8.61. The molecule has 1 aromatic carbocycles. The predicted octanol–water partition coefficient (Wildman–Crippen LogP) is 2.00. The molecule has 2 aromatic rings. The summed E-state index contributed by atoms with van der Waals surface area (Å²) in [5, 5.41) is 11.7. The molecule has 0 atom stereocenters. The van der Waals surface area contributed by atoms with Gasteiger partial charge < -0.3 is 16.8 Å². The average molecular weight is 243 g/mol. The van der Waals surface area contributed by atoms with E-state index >= 15 is 0 Å². The molecule has 90 valence electrons. The van der Waals surface area contributed by atoms with Gasteiger partial charge >= 0.3 is 0 Å². The minimum Gasteiger partial charge on any atom is -0.396 e. The van der Waals surface area contributed by atoms with Crippen molar-refractivity contribution in [2.24, 2.45) is 0 Å². The number of benzene rings is 1. The lowest BCUT2D eigenvalue weighted by Gasteiger charge is -2.09. The maximum Gasteiger partial charge on any atom is 0.149 e. The van der Waals surface area contributed by atoms with Gasteiger partial charge in [-0.05, 0) is 24.3 Å². The number of nitrogens with two attached hydrogens (primary N) is 2. The Kier molecular flexibility index (Phi) is 2.98. The summed E-state index contributed by atoms with van der Waals surface area (Å²) in [6.45, 7) is 0. The third-order valence-electron chi connectivity index (χ3n) is 2.35. The van der Waals surface area contributed by atoms with Crippen molar-refractivity contribution in [1.82, 2.24) is 4.98 Å². The van der Waals surface area contributed by atoms with E-state index in [2.05, 4.69) is 10.3 Å². The van der Waals surface area contributed by atoms with Gasteiger partial charge in [-0.25, -0.2) is 9.37 Å². The zero-order chi connectivity index (χ0) is 13.1. The Labute approximate surface area is 103 Å². The van der Waals surface area contributed by atoms with E-state index in [9.17, 15) is 4.39 Å². The number of rotatable bonds is 2. The number of hydrogen-bond donors (Lipinski definition) is 3. The molecule has 0 bridgehead atoms. The fraction of sp³-hybridized carbons (Fsp3) is 0. The molecule has 0 saturated heterocycles. The summed E-state index contributed by atoms with van der Waals surface area (Å²) in [6.07, 6.45) is 0. The summed E-state index contributed by atoms with van der Waals surface area (Å²) in [5.74, 6) is -0.0235. The number of hydrogen-bond acceptors (Lipinski definition) is 5. The highest BCUT2D eigenvalue weighted by Crippen LogP contribution is 2.23. The molecule has 2 rings (SSSR count). The lowest BCUT2D eigenvalue weighted by molar-refractivity contribution is 0.624. The summed E-state index contributed by atoms with van der Waals surface area (Å²) < 4.78 is 13.4. The standard InChI is InChI=1S/C12H10FN5/c13-8-2-1-3-10(7(8)6-14)17-11-5-4-9(15)12(16)18-11/h1-5H,15H2,(H3,16,17,18). The lowest BCUT2D eigenvalue weighted by atomic mass is 10.2. The van der Waals surface area contributed by atoms with Crippen molar-refractivity contribution < 1.29 is 4.39 Å². The summed E-state index contributed by atoms with van der Waals surface area (Å²) in [6, 6.07) is 9.26. The van der Waals surface area contributed by atoms with E-state index in [0.29, 0.717) is 17.2 Å². The molecule has 0 radical (unpaired) electrons. The van der Waals surface area contributed by atoms with Crippen LogP contribution in [0.4, 0.5) is 27.4 Å². The third-order valence-corrected chi connectivity index (χ3v) is 2.35. The quantitative estimate of drug-likeness (QED) is 0.748. The van der Waals surface area contributed by atoms with Crippen molar-refractivity contribution in [3.05, 3.63) is 41.7 Å². The first kappa shape index (κ1) is 11.7.